The Kier molecular flexibility index (Phi) is 5.92. The molecule has 0 saturated carbocycles. The van der Waals surface area contributed by atoms with Gasteiger partial charge in [-0.3, -0.25) is 4.79 Å². The maximum absolute atomic E-state index is 12.3. The summed E-state index contributed by atoms with van der Waals surface area (Å²) < 4.78 is 30.6. The van der Waals surface area contributed by atoms with Gasteiger partial charge in [-0.15, -0.1) is 0 Å². The highest BCUT2D eigenvalue weighted by Gasteiger charge is 2.32. The number of carbonyl (C=O) groups is 2. The Morgan fingerprint density at radius 1 is 1.33 bits per heavy atom. The van der Waals surface area contributed by atoms with Crippen LogP contribution in [0.3, 0.4) is 0 Å². The van der Waals surface area contributed by atoms with E-state index in [1.54, 1.807) is 12.1 Å². The van der Waals surface area contributed by atoms with E-state index in [4.69, 9.17) is 9.84 Å². The first kappa shape index (κ1) is 18.4. The number of carboxylic acid groups (broad SMARTS) is 1. The SMILES string of the molecule is CNS(=O)(=O)c1ccc(CCC(=O)N2CCOCC2C(=O)O)cc1. The van der Waals surface area contributed by atoms with E-state index in [1.165, 1.54) is 24.1 Å². The van der Waals surface area contributed by atoms with E-state index < -0.39 is 22.0 Å². The second-order valence-corrected chi connectivity index (χ2v) is 7.25. The molecular weight excluding hydrogens is 336 g/mol. The van der Waals surface area contributed by atoms with Crippen LogP contribution < -0.4 is 4.72 Å². The highest BCUT2D eigenvalue weighted by molar-refractivity contribution is 7.89. The molecule has 1 aromatic carbocycles. The second-order valence-electron chi connectivity index (χ2n) is 5.37. The molecular formula is C15H20N2O6S. The van der Waals surface area contributed by atoms with Gasteiger partial charge in [0.2, 0.25) is 15.9 Å². The largest absolute Gasteiger partial charge is 0.480 e. The first-order chi connectivity index (χ1) is 11.3. The van der Waals surface area contributed by atoms with Crippen LogP contribution >= 0.6 is 0 Å². The van der Waals surface area contributed by atoms with Crippen LogP contribution in [0.2, 0.25) is 0 Å². The van der Waals surface area contributed by atoms with Gasteiger partial charge in [0.05, 0.1) is 18.1 Å². The highest BCUT2D eigenvalue weighted by Crippen LogP contribution is 2.14. The molecule has 0 spiro atoms. The molecule has 1 saturated heterocycles. The Bertz CT molecular complexity index is 701. The van der Waals surface area contributed by atoms with Crippen LogP contribution in [-0.4, -0.2) is 63.1 Å². The first-order valence-corrected chi connectivity index (χ1v) is 8.96. The second kappa shape index (κ2) is 7.73. The molecule has 2 rings (SSSR count). The van der Waals surface area contributed by atoms with Crippen LogP contribution in [0.1, 0.15) is 12.0 Å². The number of carbonyl (C=O) groups excluding carboxylic acids is 1. The first-order valence-electron chi connectivity index (χ1n) is 7.47. The van der Waals surface area contributed by atoms with E-state index in [2.05, 4.69) is 4.72 Å². The smallest absolute Gasteiger partial charge is 0.328 e. The molecule has 1 aliphatic heterocycles. The lowest BCUT2D eigenvalue weighted by Gasteiger charge is -2.32. The third kappa shape index (κ3) is 4.31. The quantitative estimate of drug-likeness (QED) is 0.732. The van der Waals surface area contributed by atoms with Crippen LogP contribution in [0.25, 0.3) is 0 Å². The van der Waals surface area contributed by atoms with E-state index in [0.717, 1.165) is 5.56 Å². The minimum atomic E-state index is -3.48. The van der Waals surface area contributed by atoms with Gasteiger partial charge in [-0.2, -0.15) is 0 Å². The fraction of sp³-hybridized carbons (Fsp3) is 0.467. The van der Waals surface area contributed by atoms with Crippen LogP contribution in [0.15, 0.2) is 29.2 Å². The van der Waals surface area contributed by atoms with Crippen LogP contribution in [0.5, 0.6) is 0 Å². The van der Waals surface area contributed by atoms with Gasteiger partial charge in [-0.25, -0.2) is 17.9 Å². The number of nitrogens with zero attached hydrogens (tertiary/aromatic N) is 1. The number of hydrogen-bond acceptors (Lipinski definition) is 5. The van der Waals surface area contributed by atoms with Crippen molar-refractivity contribution in [1.82, 2.24) is 9.62 Å². The molecule has 0 bridgehead atoms. The number of morpholine rings is 1. The van der Waals surface area contributed by atoms with Crippen molar-refractivity contribution < 1.29 is 27.9 Å². The number of hydrogen-bond donors (Lipinski definition) is 2. The summed E-state index contributed by atoms with van der Waals surface area (Å²) in [6.07, 6.45) is 0.560. The van der Waals surface area contributed by atoms with Gasteiger partial charge in [0.1, 0.15) is 0 Å². The Hall–Kier alpha value is -1.97. The van der Waals surface area contributed by atoms with Gasteiger partial charge < -0.3 is 14.7 Å². The van der Waals surface area contributed by atoms with Gasteiger partial charge >= 0.3 is 5.97 Å². The lowest BCUT2D eigenvalue weighted by Crippen LogP contribution is -2.52. The zero-order valence-corrected chi connectivity index (χ0v) is 14.1. The summed E-state index contributed by atoms with van der Waals surface area (Å²) in [6.45, 7) is 0.582. The van der Waals surface area contributed by atoms with Crippen molar-refractivity contribution >= 4 is 21.9 Å². The Balaban J connectivity index is 1.97. The number of rotatable bonds is 6. The summed E-state index contributed by atoms with van der Waals surface area (Å²) in [5, 5.41) is 9.14. The minimum absolute atomic E-state index is 0.00233. The predicted molar refractivity (Wildman–Crippen MR) is 85.0 cm³/mol. The molecule has 24 heavy (non-hydrogen) atoms. The number of aryl methyl sites for hydroxylation is 1. The summed E-state index contributed by atoms with van der Waals surface area (Å²) in [6, 6.07) is 5.28. The van der Waals surface area contributed by atoms with Crippen molar-refractivity contribution in [3.63, 3.8) is 0 Å². The van der Waals surface area contributed by atoms with Crippen LogP contribution in [0.4, 0.5) is 0 Å². The van der Waals surface area contributed by atoms with Gasteiger partial charge in [0.15, 0.2) is 6.04 Å². The standard InChI is InChI=1S/C15H20N2O6S/c1-16-24(21,22)12-5-2-11(3-6-12)4-7-14(18)17-8-9-23-10-13(17)15(19)20/h2-3,5-6,13,16H,4,7-10H2,1H3,(H,19,20). The number of sulfonamides is 1. The van der Waals surface area contributed by atoms with E-state index in [0.29, 0.717) is 13.0 Å². The summed E-state index contributed by atoms with van der Waals surface area (Å²) >= 11 is 0. The van der Waals surface area contributed by atoms with Crippen molar-refractivity contribution in [2.45, 2.75) is 23.8 Å². The van der Waals surface area contributed by atoms with E-state index in [1.807, 2.05) is 0 Å². The van der Waals surface area contributed by atoms with Gasteiger partial charge in [-0.1, -0.05) is 12.1 Å². The van der Waals surface area contributed by atoms with Crippen LogP contribution in [0, 0.1) is 0 Å². The van der Waals surface area contributed by atoms with Crippen molar-refractivity contribution in [3.8, 4) is 0 Å². The number of aliphatic carboxylic acids is 1. The third-order valence-corrected chi connectivity index (χ3v) is 5.29. The van der Waals surface area contributed by atoms with Gasteiger partial charge in [-0.05, 0) is 31.2 Å². The zero-order valence-electron chi connectivity index (χ0n) is 13.3. The van der Waals surface area contributed by atoms with E-state index in [-0.39, 0.29) is 30.4 Å². The molecule has 8 nitrogen and oxygen atoms in total. The average molecular weight is 356 g/mol. The van der Waals surface area contributed by atoms with E-state index >= 15 is 0 Å². The number of benzene rings is 1. The maximum Gasteiger partial charge on any atom is 0.328 e. The third-order valence-electron chi connectivity index (χ3n) is 3.86. The molecule has 0 radical (unpaired) electrons. The van der Waals surface area contributed by atoms with Crippen LogP contribution in [-0.2, 0) is 30.8 Å². The molecule has 0 aromatic heterocycles. The molecule has 1 aliphatic rings. The summed E-state index contributed by atoms with van der Waals surface area (Å²) in [5.41, 5.74) is 0.804. The zero-order chi connectivity index (χ0) is 17.7. The molecule has 9 heteroatoms. The van der Waals surface area contributed by atoms with Crippen molar-refractivity contribution in [3.05, 3.63) is 29.8 Å². The summed E-state index contributed by atoms with van der Waals surface area (Å²) in [5.74, 6) is -1.33. The fourth-order valence-electron chi connectivity index (χ4n) is 2.45. The Morgan fingerprint density at radius 2 is 2.00 bits per heavy atom. The monoisotopic (exact) mass is 356 g/mol. The normalized spacial score (nSPS) is 18.4. The Morgan fingerprint density at radius 3 is 2.58 bits per heavy atom. The van der Waals surface area contributed by atoms with Gasteiger partial charge in [0.25, 0.3) is 0 Å². The fourth-order valence-corrected chi connectivity index (χ4v) is 3.18. The Labute approximate surface area is 140 Å². The molecule has 132 valence electrons. The molecule has 0 aliphatic carbocycles. The van der Waals surface area contributed by atoms with E-state index in [9.17, 15) is 18.0 Å². The van der Waals surface area contributed by atoms with Gasteiger partial charge in [0, 0.05) is 13.0 Å². The predicted octanol–water partition coefficient (Wildman–Crippen LogP) is -0.161. The molecule has 1 fully saturated rings. The lowest BCUT2D eigenvalue weighted by molar-refractivity contribution is -0.158. The minimum Gasteiger partial charge on any atom is -0.480 e. The number of carboxylic acids is 1. The highest BCUT2D eigenvalue weighted by atomic mass is 32.2. The summed E-state index contributed by atoms with van der Waals surface area (Å²) in [4.78, 5) is 24.9. The topological polar surface area (TPSA) is 113 Å². The van der Waals surface area contributed by atoms with Crippen molar-refractivity contribution in [2.75, 3.05) is 26.8 Å². The molecule has 2 N–H and O–H groups in total. The van der Waals surface area contributed by atoms with Crippen molar-refractivity contribution in [1.29, 1.82) is 0 Å². The number of nitrogens with one attached hydrogen (secondary N) is 1. The molecule has 1 heterocycles. The molecule has 1 atom stereocenters. The number of amides is 1. The molecule has 1 aromatic rings. The molecule has 1 amide bonds. The summed E-state index contributed by atoms with van der Waals surface area (Å²) in [7, 11) is -2.15. The average Bonchev–Trinajstić information content (AvgIpc) is 2.60. The lowest BCUT2D eigenvalue weighted by atomic mass is 10.1. The maximum atomic E-state index is 12.3. The molecule has 1 unspecified atom stereocenters. The number of ether oxygens (including phenoxy) is 1. The van der Waals surface area contributed by atoms with Crippen molar-refractivity contribution in [2.24, 2.45) is 0 Å².